The molecule has 1 aromatic heterocycles. The van der Waals surface area contributed by atoms with Crippen LogP contribution in [0.3, 0.4) is 0 Å². The molecule has 0 saturated carbocycles. The van der Waals surface area contributed by atoms with Crippen LogP contribution in [0.25, 0.3) is 0 Å². The van der Waals surface area contributed by atoms with Crippen molar-refractivity contribution in [3.63, 3.8) is 0 Å². The number of nitrogens with one attached hydrogen (secondary N) is 1. The molecule has 1 fully saturated rings. The third-order valence-corrected chi connectivity index (χ3v) is 3.96. The molecule has 5 heteroatoms. The zero-order chi connectivity index (χ0) is 14.7. The first kappa shape index (κ1) is 14.0. The van der Waals surface area contributed by atoms with E-state index in [1.807, 2.05) is 18.2 Å². The van der Waals surface area contributed by atoms with Crippen LogP contribution in [0.4, 0.5) is 11.4 Å². The third-order valence-electron chi connectivity index (χ3n) is 3.65. The average Bonchev–Trinajstić information content (AvgIpc) is 3.02. The molecule has 1 amide bonds. The van der Waals surface area contributed by atoms with E-state index in [9.17, 15) is 4.79 Å². The van der Waals surface area contributed by atoms with Gasteiger partial charge in [-0.05, 0) is 43.5 Å². The molecular formula is C16H17ClN2O2. The summed E-state index contributed by atoms with van der Waals surface area (Å²) in [5.41, 5.74) is 1.63. The number of piperidine rings is 1. The van der Waals surface area contributed by atoms with E-state index in [1.165, 1.54) is 12.7 Å². The summed E-state index contributed by atoms with van der Waals surface area (Å²) >= 11 is 6.35. The lowest BCUT2D eigenvalue weighted by atomic mass is 10.1. The fourth-order valence-corrected chi connectivity index (χ4v) is 2.94. The summed E-state index contributed by atoms with van der Waals surface area (Å²) < 4.78 is 5.12. The van der Waals surface area contributed by atoms with Crippen molar-refractivity contribution < 1.29 is 9.21 Å². The Labute approximate surface area is 128 Å². The van der Waals surface area contributed by atoms with Crippen LogP contribution in [-0.2, 0) is 0 Å². The van der Waals surface area contributed by atoms with Gasteiger partial charge in [0.05, 0.1) is 22.7 Å². The highest BCUT2D eigenvalue weighted by molar-refractivity contribution is 6.34. The highest BCUT2D eigenvalue weighted by Crippen LogP contribution is 2.35. The number of benzene rings is 1. The zero-order valence-electron chi connectivity index (χ0n) is 11.6. The molecule has 3 rings (SSSR count). The fourth-order valence-electron chi connectivity index (χ4n) is 2.65. The Kier molecular flexibility index (Phi) is 4.15. The fraction of sp³-hybridized carbons (Fsp3) is 0.312. The number of carbonyl (C=O) groups is 1. The van der Waals surface area contributed by atoms with Crippen LogP contribution in [0.15, 0.2) is 41.0 Å². The van der Waals surface area contributed by atoms with E-state index in [0.29, 0.717) is 10.8 Å². The Balaban J connectivity index is 1.87. The van der Waals surface area contributed by atoms with Gasteiger partial charge in [-0.1, -0.05) is 17.7 Å². The van der Waals surface area contributed by atoms with Crippen molar-refractivity contribution in [2.45, 2.75) is 19.3 Å². The van der Waals surface area contributed by atoms with Crippen molar-refractivity contribution in [2.75, 3.05) is 23.3 Å². The number of hydrogen-bond donors (Lipinski definition) is 1. The summed E-state index contributed by atoms with van der Waals surface area (Å²) in [4.78, 5) is 14.4. The lowest BCUT2D eigenvalue weighted by molar-refractivity contribution is 0.0996. The molecule has 0 spiro atoms. The summed E-state index contributed by atoms with van der Waals surface area (Å²) in [6.07, 6.45) is 5.03. The molecule has 2 heterocycles. The van der Waals surface area contributed by atoms with Gasteiger partial charge in [-0.25, -0.2) is 0 Å². The molecule has 0 aliphatic carbocycles. The van der Waals surface area contributed by atoms with Crippen molar-refractivity contribution in [2.24, 2.45) is 0 Å². The molecule has 1 aromatic carbocycles. The molecular weight excluding hydrogens is 288 g/mol. The Bertz CT molecular complexity index is 619. The average molecular weight is 305 g/mol. The number of carbonyl (C=O) groups excluding carboxylic acids is 1. The molecule has 0 bridgehead atoms. The molecule has 21 heavy (non-hydrogen) atoms. The quantitative estimate of drug-likeness (QED) is 0.925. The highest BCUT2D eigenvalue weighted by atomic mass is 35.5. The van der Waals surface area contributed by atoms with Gasteiger partial charge in [0.1, 0.15) is 0 Å². The van der Waals surface area contributed by atoms with Gasteiger partial charge in [0, 0.05) is 13.1 Å². The van der Waals surface area contributed by atoms with Crippen LogP contribution in [0.1, 0.15) is 29.8 Å². The monoisotopic (exact) mass is 304 g/mol. The number of hydrogen-bond acceptors (Lipinski definition) is 3. The SMILES string of the molecule is O=C(Nc1cccc(Cl)c1N1CCCCC1)c1ccco1. The normalized spacial score (nSPS) is 15.0. The minimum Gasteiger partial charge on any atom is -0.459 e. The Morgan fingerprint density at radius 1 is 1.14 bits per heavy atom. The standard InChI is InChI=1S/C16H17ClN2O2/c17-12-6-4-7-13(15(12)19-9-2-1-3-10-19)18-16(20)14-8-5-11-21-14/h4-8,11H,1-3,9-10H2,(H,18,20). The summed E-state index contributed by atoms with van der Waals surface area (Å²) in [5.74, 6) is 0.0279. The zero-order valence-corrected chi connectivity index (χ0v) is 12.4. The lowest BCUT2D eigenvalue weighted by Crippen LogP contribution is -2.30. The van der Waals surface area contributed by atoms with Crippen LogP contribution in [0, 0.1) is 0 Å². The number of halogens is 1. The highest BCUT2D eigenvalue weighted by Gasteiger charge is 2.19. The minimum atomic E-state index is -0.263. The molecule has 110 valence electrons. The van der Waals surface area contributed by atoms with Crippen molar-refractivity contribution >= 4 is 28.9 Å². The molecule has 0 unspecified atom stereocenters. The number of anilines is 2. The predicted molar refractivity (Wildman–Crippen MR) is 84.2 cm³/mol. The Morgan fingerprint density at radius 3 is 2.67 bits per heavy atom. The van der Waals surface area contributed by atoms with Gasteiger partial charge >= 0.3 is 0 Å². The van der Waals surface area contributed by atoms with Crippen LogP contribution in [0.5, 0.6) is 0 Å². The number of rotatable bonds is 3. The maximum atomic E-state index is 12.2. The van der Waals surface area contributed by atoms with E-state index in [-0.39, 0.29) is 5.91 Å². The second kappa shape index (κ2) is 6.22. The van der Waals surface area contributed by atoms with Crippen LogP contribution >= 0.6 is 11.6 Å². The van der Waals surface area contributed by atoms with E-state index >= 15 is 0 Å². The van der Waals surface area contributed by atoms with Gasteiger partial charge in [0.2, 0.25) is 0 Å². The van der Waals surface area contributed by atoms with Gasteiger partial charge in [-0.15, -0.1) is 0 Å². The number of furan rings is 1. The second-order valence-corrected chi connectivity index (χ2v) is 5.52. The van der Waals surface area contributed by atoms with E-state index in [0.717, 1.165) is 37.3 Å². The third kappa shape index (κ3) is 3.05. The molecule has 1 aliphatic rings. The first-order chi connectivity index (χ1) is 10.3. The van der Waals surface area contributed by atoms with Gasteiger partial charge in [-0.3, -0.25) is 4.79 Å². The van der Waals surface area contributed by atoms with Crippen LogP contribution in [0.2, 0.25) is 5.02 Å². The topological polar surface area (TPSA) is 45.5 Å². The van der Waals surface area contributed by atoms with E-state index in [1.54, 1.807) is 12.1 Å². The largest absolute Gasteiger partial charge is 0.459 e. The Morgan fingerprint density at radius 2 is 1.95 bits per heavy atom. The molecule has 4 nitrogen and oxygen atoms in total. The molecule has 1 aliphatic heterocycles. The lowest BCUT2D eigenvalue weighted by Gasteiger charge is -2.31. The van der Waals surface area contributed by atoms with E-state index in [4.69, 9.17) is 16.0 Å². The maximum absolute atomic E-state index is 12.2. The smallest absolute Gasteiger partial charge is 0.291 e. The van der Waals surface area contributed by atoms with Gasteiger partial charge in [-0.2, -0.15) is 0 Å². The van der Waals surface area contributed by atoms with Gasteiger partial charge < -0.3 is 14.6 Å². The number of para-hydroxylation sites is 1. The first-order valence-electron chi connectivity index (χ1n) is 7.14. The van der Waals surface area contributed by atoms with Gasteiger partial charge in [0.15, 0.2) is 5.76 Å². The van der Waals surface area contributed by atoms with E-state index < -0.39 is 0 Å². The van der Waals surface area contributed by atoms with E-state index in [2.05, 4.69) is 10.2 Å². The first-order valence-corrected chi connectivity index (χ1v) is 7.52. The number of nitrogens with zero attached hydrogens (tertiary/aromatic N) is 1. The molecule has 1 N–H and O–H groups in total. The minimum absolute atomic E-state index is 0.263. The van der Waals surface area contributed by atoms with Gasteiger partial charge in [0.25, 0.3) is 5.91 Å². The van der Waals surface area contributed by atoms with Crippen molar-refractivity contribution in [3.05, 3.63) is 47.4 Å². The molecule has 0 radical (unpaired) electrons. The summed E-state index contributed by atoms with van der Waals surface area (Å²) in [5, 5.41) is 3.55. The number of amides is 1. The summed E-state index contributed by atoms with van der Waals surface area (Å²) in [6.45, 7) is 1.93. The maximum Gasteiger partial charge on any atom is 0.291 e. The molecule has 2 aromatic rings. The van der Waals surface area contributed by atoms with Crippen LogP contribution in [-0.4, -0.2) is 19.0 Å². The van der Waals surface area contributed by atoms with Crippen LogP contribution < -0.4 is 10.2 Å². The Hall–Kier alpha value is -1.94. The molecule has 1 saturated heterocycles. The van der Waals surface area contributed by atoms with Crippen molar-refractivity contribution in [1.82, 2.24) is 0 Å². The molecule has 0 atom stereocenters. The van der Waals surface area contributed by atoms with Crippen molar-refractivity contribution in [3.8, 4) is 0 Å². The predicted octanol–water partition coefficient (Wildman–Crippen LogP) is 4.18. The second-order valence-electron chi connectivity index (χ2n) is 5.12. The van der Waals surface area contributed by atoms with Crippen molar-refractivity contribution in [1.29, 1.82) is 0 Å². The summed E-state index contributed by atoms with van der Waals surface area (Å²) in [6, 6.07) is 8.90. The summed E-state index contributed by atoms with van der Waals surface area (Å²) in [7, 11) is 0.